The molecule has 0 radical (unpaired) electrons. The van der Waals surface area contributed by atoms with E-state index in [9.17, 15) is 10.1 Å². The van der Waals surface area contributed by atoms with Gasteiger partial charge >= 0.3 is 0 Å². The van der Waals surface area contributed by atoms with Gasteiger partial charge in [-0.25, -0.2) is 0 Å². The summed E-state index contributed by atoms with van der Waals surface area (Å²) in [6.07, 6.45) is 4.62. The molecule has 17 heavy (non-hydrogen) atoms. The molecule has 0 atom stereocenters. The molecule has 1 aliphatic carbocycles. The van der Waals surface area contributed by atoms with E-state index in [1.807, 2.05) is 0 Å². The van der Waals surface area contributed by atoms with Gasteiger partial charge in [-0.1, -0.05) is 12.8 Å². The fourth-order valence-corrected chi connectivity index (χ4v) is 2.33. The molecule has 0 aliphatic heterocycles. The van der Waals surface area contributed by atoms with E-state index in [4.69, 9.17) is 0 Å². The van der Waals surface area contributed by atoms with Gasteiger partial charge in [-0.3, -0.25) is 10.1 Å². The second kappa shape index (κ2) is 3.80. The first-order valence-corrected chi connectivity index (χ1v) is 5.75. The molecule has 1 fully saturated rings. The number of nitro benzene ring substituents is 1. The first-order chi connectivity index (χ1) is 8.24. The summed E-state index contributed by atoms with van der Waals surface area (Å²) in [4.78, 5) is 12.0. The molecule has 1 aromatic carbocycles. The molecule has 88 valence electrons. The van der Waals surface area contributed by atoms with Gasteiger partial charge in [-0.05, 0) is 18.9 Å². The Balaban J connectivity index is 2.03. The number of non-ortho nitro benzene ring substituents is 1. The minimum Gasteiger partial charge on any atom is -0.258 e. The molecule has 1 saturated carbocycles. The monoisotopic (exact) mass is 232 g/mol. The summed E-state index contributed by atoms with van der Waals surface area (Å²) in [7, 11) is 0. The van der Waals surface area contributed by atoms with Crippen LogP contribution in [-0.4, -0.2) is 19.9 Å². The van der Waals surface area contributed by atoms with Crippen molar-refractivity contribution in [2.24, 2.45) is 0 Å². The number of hydrogen-bond donors (Lipinski definition) is 0. The van der Waals surface area contributed by atoms with Gasteiger partial charge < -0.3 is 0 Å². The van der Waals surface area contributed by atoms with Crippen LogP contribution in [-0.2, 0) is 0 Å². The van der Waals surface area contributed by atoms with E-state index in [1.165, 1.54) is 25.0 Å². The van der Waals surface area contributed by atoms with Crippen LogP contribution in [0.15, 0.2) is 18.2 Å². The van der Waals surface area contributed by atoms with E-state index < -0.39 is 4.92 Å². The van der Waals surface area contributed by atoms with Crippen molar-refractivity contribution in [3.05, 3.63) is 28.3 Å². The number of nitro groups is 1. The fraction of sp³-hybridized carbons (Fsp3) is 0.455. The normalized spacial score (nSPS) is 16.7. The van der Waals surface area contributed by atoms with Crippen molar-refractivity contribution in [1.82, 2.24) is 15.0 Å². The number of rotatable bonds is 2. The minimum atomic E-state index is -0.409. The number of nitrogens with zero attached hydrogens (tertiary/aromatic N) is 4. The maximum absolute atomic E-state index is 10.7. The van der Waals surface area contributed by atoms with Crippen molar-refractivity contribution in [1.29, 1.82) is 0 Å². The van der Waals surface area contributed by atoms with Crippen molar-refractivity contribution in [3.8, 4) is 0 Å². The smallest absolute Gasteiger partial charge is 0.258 e. The highest BCUT2D eigenvalue weighted by molar-refractivity contribution is 5.76. The van der Waals surface area contributed by atoms with Crippen molar-refractivity contribution in [2.75, 3.05) is 0 Å². The van der Waals surface area contributed by atoms with Gasteiger partial charge in [0.15, 0.2) is 0 Å². The van der Waals surface area contributed by atoms with Gasteiger partial charge in [0.2, 0.25) is 0 Å². The second-order valence-electron chi connectivity index (χ2n) is 4.39. The largest absolute Gasteiger partial charge is 0.271 e. The van der Waals surface area contributed by atoms with Gasteiger partial charge in [0.05, 0.1) is 11.0 Å². The molecule has 2 aromatic rings. The number of hydrogen-bond acceptors (Lipinski definition) is 4. The Morgan fingerprint density at radius 1 is 1.24 bits per heavy atom. The van der Waals surface area contributed by atoms with Gasteiger partial charge in [-0.2, -0.15) is 15.0 Å². The lowest BCUT2D eigenvalue weighted by Crippen LogP contribution is -2.07. The van der Waals surface area contributed by atoms with Crippen LogP contribution in [0.2, 0.25) is 0 Å². The highest BCUT2D eigenvalue weighted by Crippen LogP contribution is 2.29. The van der Waals surface area contributed by atoms with E-state index in [0.717, 1.165) is 18.4 Å². The lowest BCUT2D eigenvalue weighted by atomic mass is 10.3. The van der Waals surface area contributed by atoms with Crippen molar-refractivity contribution < 1.29 is 4.92 Å². The lowest BCUT2D eigenvalue weighted by molar-refractivity contribution is -0.384. The predicted molar refractivity (Wildman–Crippen MR) is 61.7 cm³/mol. The Kier molecular flexibility index (Phi) is 2.28. The molecule has 1 aromatic heterocycles. The standard InChI is InChI=1S/C11H12N4O2/c16-15(17)9-5-6-10-11(7-9)13-14(12-10)8-3-1-2-4-8/h5-8H,1-4H2. The second-order valence-corrected chi connectivity index (χ2v) is 4.39. The highest BCUT2D eigenvalue weighted by Gasteiger charge is 2.20. The summed E-state index contributed by atoms with van der Waals surface area (Å²) in [5, 5.41) is 19.4. The molecular weight excluding hydrogens is 220 g/mol. The zero-order valence-corrected chi connectivity index (χ0v) is 9.24. The average Bonchev–Trinajstić information content (AvgIpc) is 2.96. The summed E-state index contributed by atoms with van der Waals surface area (Å²) in [6, 6.07) is 4.97. The predicted octanol–water partition coefficient (Wildman–Crippen LogP) is 2.45. The van der Waals surface area contributed by atoms with Crippen LogP contribution in [0.25, 0.3) is 11.0 Å². The molecule has 6 nitrogen and oxygen atoms in total. The van der Waals surface area contributed by atoms with Crippen LogP contribution < -0.4 is 0 Å². The highest BCUT2D eigenvalue weighted by atomic mass is 16.6. The Labute approximate surface area is 97.4 Å². The fourth-order valence-electron chi connectivity index (χ4n) is 2.33. The molecule has 1 aliphatic rings. The average molecular weight is 232 g/mol. The Morgan fingerprint density at radius 3 is 2.65 bits per heavy atom. The summed E-state index contributed by atoms with van der Waals surface area (Å²) in [5.74, 6) is 0. The Bertz CT molecular complexity index is 572. The van der Waals surface area contributed by atoms with Crippen LogP contribution in [0, 0.1) is 10.1 Å². The maximum Gasteiger partial charge on any atom is 0.271 e. The van der Waals surface area contributed by atoms with E-state index in [-0.39, 0.29) is 5.69 Å². The van der Waals surface area contributed by atoms with Crippen molar-refractivity contribution in [2.45, 2.75) is 31.7 Å². The zero-order chi connectivity index (χ0) is 11.8. The summed E-state index contributed by atoms with van der Waals surface area (Å²) >= 11 is 0. The van der Waals surface area contributed by atoms with Crippen LogP contribution in [0.4, 0.5) is 5.69 Å². The Hall–Kier alpha value is -1.98. The Morgan fingerprint density at radius 2 is 1.94 bits per heavy atom. The maximum atomic E-state index is 10.7. The van der Waals surface area contributed by atoms with Crippen molar-refractivity contribution in [3.63, 3.8) is 0 Å². The molecule has 0 unspecified atom stereocenters. The van der Waals surface area contributed by atoms with Crippen LogP contribution in [0.5, 0.6) is 0 Å². The third kappa shape index (κ3) is 1.75. The molecule has 0 spiro atoms. The SMILES string of the molecule is O=[N+]([O-])c1ccc2nn(C3CCCC3)nc2c1. The third-order valence-electron chi connectivity index (χ3n) is 3.24. The van der Waals surface area contributed by atoms with Crippen LogP contribution in [0.3, 0.4) is 0 Å². The summed E-state index contributed by atoms with van der Waals surface area (Å²) in [5.41, 5.74) is 1.39. The molecule has 3 rings (SSSR count). The first kappa shape index (κ1) is 10.2. The van der Waals surface area contributed by atoms with E-state index in [1.54, 1.807) is 10.9 Å². The first-order valence-electron chi connectivity index (χ1n) is 5.75. The van der Waals surface area contributed by atoms with Crippen LogP contribution >= 0.6 is 0 Å². The number of aromatic nitrogens is 3. The molecule has 0 N–H and O–H groups in total. The number of fused-ring (bicyclic) bond motifs is 1. The summed E-state index contributed by atoms with van der Waals surface area (Å²) in [6.45, 7) is 0. The molecule has 0 bridgehead atoms. The minimum absolute atomic E-state index is 0.0657. The van der Waals surface area contributed by atoms with Gasteiger partial charge in [0.25, 0.3) is 5.69 Å². The number of benzene rings is 1. The van der Waals surface area contributed by atoms with E-state index in [2.05, 4.69) is 10.2 Å². The molecule has 1 heterocycles. The lowest BCUT2D eigenvalue weighted by Gasteiger charge is -2.05. The quantitative estimate of drug-likeness (QED) is 0.588. The topological polar surface area (TPSA) is 73.8 Å². The van der Waals surface area contributed by atoms with Crippen LogP contribution in [0.1, 0.15) is 31.7 Å². The third-order valence-corrected chi connectivity index (χ3v) is 3.24. The summed E-state index contributed by atoms with van der Waals surface area (Å²) < 4.78 is 0. The van der Waals surface area contributed by atoms with E-state index in [0.29, 0.717) is 11.6 Å². The molecule has 0 amide bonds. The van der Waals surface area contributed by atoms with Gasteiger partial charge in [0.1, 0.15) is 11.0 Å². The van der Waals surface area contributed by atoms with Gasteiger partial charge in [-0.15, -0.1) is 0 Å². The van der Waals surface area contributed by atoms with Crippen molar-refractivity contribution >= 4 is 16.7 Å². The zero-order valence-electron chi connectivity index (χ0n) is 9.24. The molecule has 0 saturated heterocycles. The molecular formula is C11H12N4O2. The van der Waals surface area contributed by atoms with E-state index >= 15 is 0 Å². The van der Waals surface area contributed by atoms with Gasteiger partial charge in [0, 0.05) is 12.1 Å². The molecule has 6 heteroatoms.